The molecule has 9 nitrogen and oxygen atoms in total. The average Bonchev–Trinajstić information content (AvgIpc) is 3.00. The van der Waals surface area contributed by atoms with Gasteiger partial charge in [-0.15, -0.1) is 0 Å². The van der Waals surface area contributed by atoms with Gasteiger partial charge in [0.15, 0.2) is 15.9 Å². The number of rotatable bonds is 5. The van der Waals surface area contributed by atoms with Gasteiger partial charge in [0.1, 0.15) is 0 Å². The summed E-state index contributed by atoms with van der Waals surface area (Å²) in [5.74, 6) is -1.53. The summed E-state index contributed by atoms with van der Waals surface area (Å²) in [6.07, 6.45) is -0.197. The molecule has 1 amide bonds. The fourth-order valence-electron chi connectivity index (χ4n) is 2.59. The summed E-state index contributed by atoms with van der Waals surface area (Å²) in [5, 5.41) is 2.57. The van der Waals surface area contributed by atoms with E-state index < -0.39 is 27.8 Å². The Labute approximate surface area is 159 Å². The number of nitrogens with one attached hydrogen (secondary N) is 3. The molecule has 0 bridgehead atoms. The highest BCUT2D eigenvalue weighted by molar-refractivity contribution is 7.90. The van der Waals surface area contributed by atoms with Crippen molar-refractivity contribution < 1.29 is 22.7 Å². The first-order valence-electron chi connectivity index (χ1n) is 8.18. The Hall–Kier alpha value is -3.40. The van der Waals surface area contributed by atoms with E-state index in [1.54, 1.807) is 18.2 Å². The van der Waals surface area contributed by atoms with Crippen LogP contribution in [0.1, 0.15) is 17.3 Å². The molecular weight excluding hydrogens is 386 g/mol. The van der Waals surface area contributed by atoms with Crippen molar-refractivity contribution in [2.75, 3.05) is 11.6 Å². The highest BCUT2D eigenvalue weighted by Gasteiger charge is 2.24. The number of carbonyl (C=O) groups is 2. The van der Waals surface area contributed by atoms with Gasteiger partial charge in [0, 0.05) is 11.9 Å². The molecule has 3 aromatic rings. The van der Waals surface area contributed by atoms with Crippen molar-refractivity contribution >= 4 is 38.4 Å². The van der Waals surface area contributed by atoms with Gasteiger partial charge in [0.05, 0.1) is 21.5 Å². The van der Waals surface area contributed by atoms with E-state index >= 15 is 0 Å². The minimum Gasteiger partial charge on any atom is -0.449 e. The van der Waals surface area contributed by atoms with Gasteiger partial charge in [-0.05, 0) is 37.3 Å². The lowest BCUT2D eigenvalue weighted by Crippen LogP contribution is -2.30. The molecule has 0 saturated heterocycles. The Morgan fingerprint density at radius 1 is 1.07 bits per heavy atom. The fraction of sp³-hybridized carbons (Fsp3) is 0.167. The number of esters is 1. The van der Waals surface area contributed by atoms with Crippen molar-refractivity contribution in [3.63, 3.8) is 0 Å². The number of hydrogen-bond donors (Lipinski definition) is 3. The van der Waals surface area contributed by atoms with Gasteiger partial charge in [0.2, 0.25) is 0 Å². The predicted molar refractivity (Wildman–Crippen MR) is 102 cm³/mol. The largest absolute Gasteiger partial charge is 0.449 e. The molecule has 3 N–H and O–H groups in total. The summed E-state index contributed by atoms with van der Waals surface area (Å²) in [7, 11) is -3.64. The second-order valence-electron chi connectivity index (χ2n) is 6.14. The number of ether oxygens (including phenoxy) is 1. The first-order chi connectivity index (χ1) is 13.1. The molecule has 1 aromatic heterocycles. The summed E-state index contributed by atoms with van der Waals surface area (Å²) in [6, 6.07) is 10.4. The second kappa shape index (κ2) is 7.31. The lowest BCUT2D eigenvalue weighted by atomic mass is 10.2. The normalized spacial score (nSPS) is 12.5. The van der Waals surface area contributed by atoms with Crippen LogP contribution in [0.2, 0.25) is 0 Å². The Morgan fingerprint density at radius 2 is 1.75 bits per heavy atom. The number of amides is 1. The topological polar surface area (TPSA) is 138 Å². The Bertz CT molecular complexity index is 1230. The minimum absolute atomic E-state index is 0.143. The van der Waals surface area contributed by atoms with Gasteiger partial charge in [-0.3, -0.25) is 4.79 Å². The minimum atomic E-state index is -3.64. The molecule has 10 heteroatoms. The highest BCUT2D eigenvalue weighted by atomic mass is 32.2. The van der Waals surface area contributed by atoms with Gasteiger partial charge in [0.25, 0.3) is 5.91 Å². The van der Waals surface area contributed by atoms with Crippen molar-refractivity contribution in [3.8, 4) is 0 Å². The Balaban J connectivity index is 1.73. The fourth-order valence-corrected chi connectivity index (χ4v) is 3.47. The number of imidazole rings is 1. The molecule has 0 aliphatic rings. The maximum Gasteiger partial charge on any atom is 0.340 e. The van der Waals surface area contributed by atoms with Crippen molar-refractivity contribution in [2.45, 2.75) is 17.9 Å². The van der Waals surface area contributed by atoms with E-state index in [9.17, 15) is 22.8 Å². The van der Waals surface area contributed by atoms with Crippen LogP contribution < -0.4 is 11.0 Å². The maximum absolute atomic E-state index is 12.3. The van der Waals surface area contributed by atoms with Crippen LogP contribution in [0.3, 0.4) is 0 Å². The number of anilines is 1. The third-order valence-electron chi connectivity index (χ3n) is 3.94. The predicted octanol–water partition coefficient (Wildman–Crippen LogP) is 1.44. The van der Waals surface area contributed by atoms with Crippen molar-refractivity contribution in [1.82, 2.24) is 9.97 Å². The van der Waals surface area contributed by atoms with Crippen LogP contribution in [0.25, 0.3) is 11.0 Å². The SMILES string of the molecule is C[C@H](OC(=O)c1ccccc1S(C)(=O)=O)C(=O)Nc1ccc2[nH]c(=O)[nH]c2c1. The summed E-state index contributed by atoms with van der Waals surface area (Å²) in [5.41, 5.74) is 0.975. The van der Waals surface area contributed by atoms with Crippen LogP contribution >= 0.6 is 0 Å². The number of hydrogen-bond acceptors (Lipinski definition) is 6. The van der Waals surface area contributed by atoms with Crippen molar-refractivity contribution in [3.05, 3.63) is 58.5 Å². The smallest absolute Gasteiger partial charge is 0.340 e. The zero-order valence-electron chi connectivity index (χ0n) is 15.0. The third kappa shape index (κ3) is 4.12. The quantitative estimate of drug-likeness (QED) is 0.551. The van der Waals surface area contributed by atoms with E-state index in [-0.39, 0.29) is 16.1 Å². The lowest BCUT2D eigenvalue weighted by molar-refractivity contribution is -0.123. The summed E-state index contributed by atoms with van der Waals surface area (Å²) in [6.45, 7) is 1.37. The molecule has 28 heavy (non-hydrogen) atoms. The number of aromatic amines is 2. The number of H-pyrrole nitrogens is 2. The molecule has 1 atom stereocenters. The average molecular weight is 403 g/mol. The molecule has 0 saturated carbocycles. The zero-order chi connectivity index (χ0) is 20.5. The van der Waals surface area contributed by atoms with Crippen LogP contribution in [0.15, 0.2) is 52.2 Å². The van der Waals surface area contributed by atoms with E-state index in [1.807, 2.05) is 0 Å². The van der Waals surface area contributed by atoms with E-state index in [0.717, 1.165) is 6.26 Å². The Morgan fingerprint density at radius 3 is 2.46 bits per heavy atom. The standard InChI is InChI=1S/C18H17N3O6S/c1-10(27-17(23)12-5-3-4-6-15(12)28(2,25)26)16(22)19-11-7-8-13-14(9-11)21-18(24)20-13/h3-10H,1-2H3,(H,19,22)(H2,20,21,24)/t10-/m0/s1. The molecular formula is C18H17N3O6S. The van der Waals surface area contributed by atoms with E-state index in [4.69, 9.17) is 4.74 Å². The Kier molecular flexibility index (Phi) is 5.06. The molecule has 0 fully saturated rings. The van der Waals surface area contributed by atoms with Gasteiger partial charge in [-0.2, -0.15) is 0 Å². The molecule has 2 aromatic carbocycles. The van der Waals surface area contributed by atoms with Crippen LogP contribution in [-0.2, 0) is 19.4 Å². The molecule has 3 rings (SSSR count). The van der Waals surface area contributed by atoms with Gasteiger partial charge < -0.3 is 20.0 Å². The van der Waals surface area contributed by atoms with E-state index in [1.165, 1.54) is 31.2 Å². The number of carbonyl (C=O) groups excluding carboxylic acids is 2. The highest BCUT2D eigenvalue weighted by Crippen LogP contribution is 2.18. The molecule has 146 valence electrons. The molecule has 0 spiro atoms. The monoisotopic (exact) mass is 403 g/mol. The second-order valence-corrected chi connectivity index (χ2v) is 8.13. The van der Waals surface area contributed by atoms with Crippen LogP contribution in [0.4, 0.5) is 5.69 Å². The van der Waals surface area contributed by atoms with Gasteiger partial charge in [-0.1, -0.05) is 12.1 Å². The zero-order valence-corrected chi connectivity index (χ0v) is 15.8. The first kappa shape index (κ1) is 19.4. The first-order valence-corrected chi connectivity index (χ1v) is 10.1. The van der Waals surface area contributed by atoms with Crippen LogP contribution in [-0.4, -0.2) is 42.6 Å². The van der Waals surface area contributed by atoms with Gasteiger partial charge >= 0.3 is 11.7 Å². The van der Waals surface area contributed by atoms with Gasteiger partial charge in [-0.25, -0.2) is 18.0 Å². The van der Waals surface area contributed by atoms with Crippen molar-refractivity contribution in [1.29, 1.82) is 0 Å². The number of benzene rings is 2. The molecule has 0 unspecified atom stereocenters. The van der Waals surface area contributed by atoms with Crippen molar-refractivity contribution in [2.24, 2.45) is 0 Å². The molecule has 0 aliphatic heterocycles. The number of aromatic nitrogens is 2. The van der Waals surface area contributed by atoms with E-state index in [0.29, 0.717) is 16.7 Å². The van der Waals surface area contributed by atoms with E-state index in [2.05, 4.69) is 15.3 Å². The van der Waals surface area contributed by atoms with Crippen LogP contribution in [0.5, 0.6) is 0 Å². The number of fused-ring (bicyclic) bond motifs is 1. The number of sulfone groups is 1. The summed E-state index contributed by atoms with van der Waals surface area (Å²) >= 11 is 0. The molecule has 0 aliphatic carbocycles. The molecule has 0 radical (unpaired) electrons. The van der Waals surface area contributed by atoms with Crippen LogP contribution in [0, 0.1) is 0 Å². The molecule has 1 heterocycles. The third-order valence-corrected chi connectivity index (χ3v) is 5.10. The lowest BCUT2D eigenvalue weighted by Gasteiger charge is -2.14. The summed E-state index contributed by atoms with van der Waals surface area (Å²) in [4.78, 5) is 40.9. The summed E-state index contributed by atoms with van der Waals surface area (Å²) < 4.78 is 28.7. The maximum atomic E-state index is 12.3.